The number of carbonyl (C=O) groups excluding carboxylic acids is 1. The predicted molar refractivity (Wildman–Crippen MR) is 158 cm³/mol. The van der Waals surface area contributed by atoms with E-state index in [0.29, 0.717) is 29.9 Å². The molecule has 0 spiro atoms. The van der Waals surface area contributed by atoms with Crippen molar-refractivity contribution in [3.05, 3.63) is 52.8 Å². The Hall–Kier alpha value is -3.72. The third-order valence-corrected chi connectivity index (χ3v) is 11.8. The maximum atomic E-state index is 13.1. The number of alkyl carbamates (subject to hydrolysis) is 1. The monoisotopic (exact) mass is 669 g/mol. The highest BCUT2D eigenvalue weighted by Crippen LogP contribution is 2.70. The van der Waals surface area contributed by atoms with Gasteiger partial charge in [-0.1, -0.05) is 6.92 Å². The van der Waals surface area contributed by atoms with Gasteiger partial charge in [0.15, 0.2) is 5.75 Å². The Morgan fingerprint density at radius 3 is 2.38 bits per heavy atom. The molecule has 19 heteroatoms. The molecule has 2 aliphatic rings. The van der Waals surface area contributed by atoms with Gasteiger partial charge in [0.25, 0.3) is 0 Å². The number of benzene rings is 1. The van der Waals surface area contributed by atoms with Crippen LogP contribution < -0.4 is 20.4 Å². The van der Waals surface area contributed by atoms with Gasteiger partial charge in [-0.2, -0.15) is 0 Å². The summed E-state index contributed by atoms with van der Waals surface area (Å²) in [5.74, 6) is -1.08. The smallest absolute Gasteiger partial charge is 0.409 e. The lowest BCUT2D eigenvalue weighted by Crippen LogP contribution is -2.52. The fourth-order valence-corrected chi connectivity index (χ4v) is 8.23. The number of pyridine rings is 1. The maximum Gasteiger partial charge on any atom is 0.409 e. The molecule has 1 aromatic carbocycles. The Kier molecular flexibility index (Phi) is 8.64. The summed E-state index contributed by atoms with van der Waals surface area (Å²) >= 11 is 0. The molecule has 1 saturated heterocycles. The number of nitrogens with zero attached hydrogens (tertiary/aromatic N) is 4. The van der Waals surface area contributed by atoms with Crippen molar-refractivity contribution in [1.82, 2.24) is 19.4 Å². The van der Waals surface area contributed by atoms with Gasteiger partial charge in [-0.05, 0) is 37.3 Å². The number of anilines is 1. The fourth-order valence-electron chi connectivity index (χ4n) is 5.77. The fraction of sp³-hybridized carbons (Fsp3) is 0.462. The summed E-state index contributed by atoms with van der Waals surface area (Å²) in [6.07, 6.45) is 5.34. The zero-order valence-corrected chi connectivity index (χ0v) is 26.0. The Balaban J connectivity index is 1.46. The first-order chi connectivity index (χ1) is 21.1. The number of carboxylic acids is 1. The number of fused-ring (bicyclic) bond motifs is 1. The number of piperidine rings is 1. The molecule has 3 heterocycles. The average Bonchev–Trinajstić information content (AvgIpc) is 3.65. The molecule has 1 saturated carbocycles. The van der Waals surface area contributed by atoms with Crippen LogP contribution in [0.4, 0.5) is 10.5 Å². The van der Waals surface area contributed by atoms with Crippen molar-refractivity contribution in [3.63, 3.8) is 0 Å². The zero-order chi connectivity index (χ0) is 32.9. The van der Waals surface area contributed by atoms with Crippen molar-refractivity contribution < 1.29 is 52.9 Å². The quantitative estimate of drug-likeness (QED) is 0.169. The van der Waals surface area contributed by atoms with Gasteiger partial charge >= 0.3 is 32.3 Å². The third-order valence-electron chi connectivity index (χ3n) is 7.94. The van der Waals surface area contributed by atoms with Crippen molar-refractivity contribution in [2.24, 2.45) is 5.92 Å². The molecule has 3 aromatic rings. The molecule has 2 fully saturated rings. The SMILES string of the molecule is COc1c(N2C[C@@H](C)C[C@H](NC(=O)OC(Cn3ccnc3)(P(=O)(O)O)P(=O)(O)O)C2)ccc2c(=O)c(C(=O)O)cn(C3CC3)c12. The highest BCUT2D eigenvalue weighted by atomic mass is 31.2. The molecule has 17 nitrogen and oxygen atoms in total. The van der Waals surface area contributed by atoms with Crippen LogP contribution in [-0.4, -0.2) is 82.2 Å². The average molecular weight is 670 g/mol. The van der Waals surface area contributed by atoms with Crippen LogP contribution in [-0.2, 0) is 20.4 Å². The van der Waals surface area contributed by atoms with Crippen LogP contribution in [0.25, 0.3) is 10.9 Å². The van der Waals surface area contributed by atoms with Gasteiger partial charge < -0.3 is 53.5 Å². The third kappa shape index (κ3) is 6.24. The summed E-state index contributed by atoms with van der Waals surface area (Å²) in [5, 5.41) is 8.75. The first kappa shape index (κ1) is 32.7. The summed E-state index contributed by atoms with van der Waals surface area (Å²) in [4.78, 5) is 83.6. The Morgan fingerprint density at radius 1 is 1.13 bits per heavy atom. The molecule has 1 aliphatic carbocycles. The normalized spacial score (nSPS) is 19.4. The largest absolute Gasteiger partial charge is 0.492 e. The van der Waals surface area contributed by atoms with Crippen molar-refractivity contribution >= 4 is 43.8 Å². The van der Waals surface area contributed by atoms with Gasteiger partial charge in [0.1, 0.15) is 5.56 Å². The second-order valence-electron chi connectivity index (χ2n) is 11.4. The van der Waals surface area contributed by atoms with Crippen molar-refractivity contribution in [1.29, 1.82) is 0 Å². The zero-order valence-electron chi connectivity index (χ0n) is 24.2. The Labute approximate surface area is 255 Å². The number of aromatic nitrogens is 3. The highest BCUT2D eigenvalue weighted by molar-refractivity contribution is 7.72. The molecule has 244 valence electrons. The summed E-state index contributed by atoms with van der Waals surface area (Å²) < 4.78 is 38.4. The maximum absolute atomic E-state index is 13.1. The van der Waals surface area contributed by atoms with Gasteiger partial charge in [0.2, 0.25) is 5.43 Å². The van der Waals surface area contributed by atoms with Gasteiger partial charge in [0.05, 0.1) is 36.6 Å². The van der Waals surface area contributed by atoms with E-state index in [1.807, 2.05) is 11.8 Å². The lowest BCUT2D eigenvalue weighted by Gasteiger charge is -2.39. The molecule has 5 rings (SSSR count). The number of hydrogen-bond acceptors (Lipinski definition) is 9. The number of ether oxygens (including phenoxy) is 2. The lowest BCUT2D eigenvalue weighted by atomic mass is 9.95. The molecular formula is C26H33N5O12P2. The molecule has 0 bridgehead atoms. The topological polar surface area (TPSA) is 243 Å². The summed E-state index contributed by atoms with van der Waals surface area (Å²) in [6.45, 7) is 1.43. The second kappa shape index (κ2) is 11.9. The van der Waals surface area contributed by atoms with Crippen LogP contribution >= 0.6 is 15.2 Å². The molecule has 2 aromatic heterocycles. The van der Waals surface area contributed by atoms with Crippen LogP contribution in [0.5, 0.6) is 5.75 Å². The van der Waals surface area contributed by atoms with Crippen LogP contribution in [0.3, 0.4) is 0 Å². The van der Waals surface area contributed by atoms with Crippen molar-refractivity contribution in [2.45, 2.75) is 49.9 Å². The minimum Gasteiger partial charge on any atom is -0.492 e. The number of imidazole rings is 1. The molecule has 0 unspecified atom stereocenters. The van der Waals surface area contributed by atoms with Gasteiger partial charge in [-0.3, -0.25) is 13.9 Å². The number of methoxy groups -OCH3 is 1. The van der Waals surface area contributed by atoms with Crippen LogP contribution in [0.15, 0.2) is 41.8 Å². The predicted octanol–water partition coefficient (Wildman–Crippen LogP) is 1.89. The molecule has 6 N–H and O–H groups in total. The van der Waals surface area contributed by atoms with E-state index in [1.54, 1.807) is 10.6 Å². The number of hydrogen-bond donors (Lipinski definition) is 6. The number of nitrogens with one attached hydrogen (secondary N) is 1. The van der Waals surface area contributed by atoms with Crippen LogP contribution in [0, 0.1) is 5.92 Å². The second-order valence-corrected chi connectivity index (χ2v) is 15.3. The van der Waals surface area contributed by atoms with Crippen LogP contribution in [0.1, 0.15) is 42.6 Å². The van der Waals surface area contributed by atoms with E-state index in [4.69, 9.17) is 9.47 Å². The summed E-state index contributed by atoms with van der Waals surface area (Å²) in [6, 6.07) is 2.43. The summed E-state index contributed by atoms with van der Waals surface area (Å²) in [7, 11) is -10.2. The molecular weight excluding hydrogens is 636 g/mol. The number of rotatable bonds is 10. The van der Waals surface area contributed by atoms with E-state index in [2.05, 4.69) is 10.3 Å². The number of carboxylic acid groups (broad SMARTS) is 1. The standard InChI is InChI=1S/C26H33N5O12P2/c1-15-9-16(28-25(35)43-26(44(36,37)38,45(39,40)41)13-29-8-7-27-14-29)11-30(10-15)20-6-5-18-21(23(20)42-2)31(17-3-4-17)12-19(22(18)32)24(33)34/h5-8,12,14-17H,3-4,9-11,13H2,1-2H3,(H,28,35)(H,33,34)(H2,36,37,38)(H2,39,40,41)/t15-,16-/m0/s1. The van der Waals surface area contributed by atoms with E-state index in [9.17, 15) is 48.2 Å². The lowest BCUT2D eigenvalue weighted by molar-refractivity contribution is 0.0661. The molecule has 0 radical (unpaired) electrons. The molecule has 45 heavy (non-hydrogen) atoms. The van der Waals surface area contributed by atoms with Crippen molar-refractivity contribution in [2.75, 3.05) is 25.1 Å². The van der Waals surface area contributed by atoms with Gasteiger partial charge in [-0.25, -0.2) is 14.6 Å². The van der Waals surface area contributed by atoms with E-state index < -0.39 is 50.4 Å². The first-order valence-electron chi connectivity index (χ1n) is 13.9. The van der Waals surface area contributed by atoms with Gasteiger partial charge in [0, 0.05) is 43.8 Å². The Bertz CT molecular complexity index is 1760. The summed E-state index contributed by atoms with van der Waals surface area (Å²) in [5.41, 5.74) is -0.0214. The Morgan fingerprint density at radius 2 is 1.82 bits per heavy atom. The minimum atomic E-state index is -5.79. The van der Waals surface area contributed by atoms with Gasteiger partial charge in [-0.15, -0.1) is 0 Å². The minimum absolute atomic E-state index is 0.00884. The number of amides is 1. The molecule has 2 atom stereocenters. The van der Waals surface area contributed by atoms with Crippen LogP contribution in [0.2, 0.25) is 0 Å². The van der Waals surface area contributed by atoms with E-state index in [1.165, 1.54) is 31.8 Å². The first-order valence-corrected chi connectivity index (χ1v) is 17.1. The number of carbonyl (C=O) groups is 2. The molecule has 1 aliphatic heterocycles. The molecule has 1 amide bonds. The van der Waals surface area contributed by atoms with E-state index in [0.717, 1.165) is 23.7 Å². The van der Waals surface area contributed by atoms with Crippen molar-refractivity contribution in [3.8, 4) is 5.75 Å². The highest BCUT2D eigenvalue weighted by Gasteiger charge is 2.64. The van der Waals surface area contributed by atoms with E-state index >= 15 is 0 Å². The number of aromatic carboxylic acids is 1. The van der Waals surface area contributed by atoms with E-state index in [-0.39, 0.29) is 29.5 Å².